The second kappa shape index (κ2) is 5.41. The van der Waals surface area contributed by atoms with Crippen molar-refractivity contribution >= 4 is 23.3 Å². The highest BCUT2D eigenvalue weighted by Crippen LogP contribution is 1.99. The number of hydrogen-bond acceptors (Lipinski definition) is 4. The van der Waals surface area contributed by atoms with Crippen molar-refractivity contribution in [3.63, 3.8) is 0 Å². The molecule has 0 heterocycles. The summed E-state index contributed by atoms with van der Waals surface area (Å²) in [4.78, 5) is 14.4. The van der Waals surface area contributed by atoms with Gasteiger partial charge < -0.3 is 4.74 Å². The highest BCUT2D eigenvalue weighted by atomic mass is 32.1. The molecule has 0 fully saturated rings. The predicted molar refractivity (Wildman–Crippen MR) is 49.9 cm³/mol. The van der Waals surface area contributed by atoms with E-state index in [9.17, 15) is 4.79 Å². The van der Waals surface area contributed by atoms with Gasteiger partial charge in [-0.3, -0.25) is 0 Å². The van der Waals surface area contributed by atoms with E-state index >= 15 is 0 Å². The van der Waals surface area contributed by atoms with Gasteiger partial charge in [0.2, 0.25) is 6.23 Å². The van der Waals surface area contributed by atoms with E-state index in [1.807, 2.05) is 0 Å². The lowest BCUT2D eigenvalue weighted by Crippen LogP contribution is -2.13. The van der Waals surface area contributed by atoms with Crippen LogP contribution in [0.1, 0.15) is 6.92 Å². The quantitative estimate of drug-likeness (QED) is 0.219. The molecule has 0 amide bonds. The van der Waals surface area contributed by atoms with Crippen LogP contribution >= 0.6 is 12.2 Å². The van der Waals surface area contributed by atoms with Crippen LogP contribution in [0.25, 0.3) is 0 Å². The molecule has 0 aliphatic rings. The Balaban J connectivity index is 4.20. The van der Waals surface area contributed by atoms with Crippen LogP contribution in [0.4, 0.5) is 0 Å². The van der Waals surface area contributed by atoms with Crippen molar-refractivity contribution in [1.29, 1.82) is 0 Å². The topological polar surface area (TPSA) is 38.7 Å². The van der Waals surface area contributed by atoms with E-state index in [2.05, 4.69) is 35.5 Å². The summed E-state index contributed by atoms with van der Waals surface area (Å²) in [6, 6.07) is 0. The third kappa shape index (κ3) is 3.81. The van der Waals surface area contributed by atoms with Gasteiger partial charge in [-0.15, -0.1) is 0 Å². The third-order valence-corrected chi connectivity index (χ3v) is 1.06. The van der Waals surface area contributed by atoms with Gasteiger partial charge in [0, 0.05) is 5.57 Å². The summed E-state index contributed by atoms with van der Waals surface area (Å²) in [7, 11) is 0. The standard InChI is InChI=1S/C8H9NO2S/c1-4-7(9-5-12)11-8(10)6(2)3/h4,7H,1-2H2,3H3. The monoisotopic (exact) mass is 183 g/mol. The van der Waals surface area contributed by atoms with Crippen molar-refractivity contribution in [2.45, 2.75) is 13.2 Å². The van der Waals surface area contributed by atoms with Crippen molar-refractivity contribution in [2.24, 2.45) is 4.99 Å². The van der Waals surface area contributed by atoms with E-state index in [1.165, 1.54) is 6.08 Å². The summed E-state index contributed by atoms with van der Waals surface area (Å²) in [6.45, 7) is 8.36. The third-order valence-electron chi connectivity index (χ3n) is 0.958. The summed E-state index contributed by atoms with van der Waals surface area (Å²) < 4.78 is 4.75. The lowest BCUT2D eigenvalue weighted by molar-refractivity contribution is -0.141. The second-order valence-electron chi connectivity index (χ2n) is 2.03. The number of esters is 1. The molecule has 1 atom stereocenters. The number of carbonyl (C=O) groups excluding carboxylic acids is 1. The number of rotatable bonds is 4. The molecule has 0 spiro atoms. The summed E-state index contributed by atoms with van der Waals surface area (Å²) in [6.07, 6.45) is 0.590. The molecule has 0 bridgehead atoms. The van der Waals surface area contributed by atoms with Gasteiger partial charge >= 0.3 is 5.97 Å². The van der Waals surface area contributed by atoms with Crippen LogP contribution in [0.15, 0.2) is 29.8 Å². The SMILES string of the molecule is C=CC(N=C=S)OC(=O)C(=C)C. The van der Waals surface area contributed by atoms with Crippen LogP contribution in [-0.4, -0.2) is 17.4 Å². The molecule has 1 unspecified atom stereocenters. The van der Waals surface area contributed by atoms with Crippen LogP contribution < -0.4 is 0 Å². The molecule has 64 valence electrons. The number of nitrogens with zero attached hydrogens (tertiary/aromatic N) is 1. The minimum Gasteiger partial charge on any atom is -0.432 e. The molecule has 0 saturated heterocycles. The lowest BCUT2D eigenvalue weighted by Gasteiger charge is -2.06. The van der Waals surface area contributed by atoms with Gasteiger partial charge in [-0.2, -0.15) is 4.99 Å². The Labute approximate surface area is 76.4 Å². The zero-order chi connectivity index (χ0) is 9.56. The largest absolute Gasteiger partial charge is 0.432 e. The lowest BCUT2D eigenvalue weighted by atomic mass is 10.4. The molecule has 0 N–H and O–H groups in total. The predicted octanol–water partition coefficient (Wildman–Crippen LogP) is 1.72. The Hall–Kier alpha value is -1.25. The molecule has 12 heavy (non-hydrogen) atoms. The van der Waals surface area contributed by atoms with Crippen molar-refractivity contribution < 1.29 is 9.53 Å². The first-order valence-electron chi connectivity index (χ1n) is 3.18. The molecular formula is C8H9NO2S. The fraction of sp³-hybridized carbons (Fsp3) is 0.250. The van der Waals surface area contributed by atoms with Crippen LogP contribution in [0.2, 0.25) is 0 Å². The highest BCUT2D eigenvalue weighted by molar-refractivity contribution is 7.78. The fourth-order valence-electron chi connectivity index (χ4n) is 0.389. The van der Waals surface area contributed by atoms with Crippen molar-refractivity contribution in [3.8, 4) is 0 Å². The Kier molecular flexibility index (Phi) is 4.84. The fourth-order valence-corrected chi connectivity index (χ4v) is 0.493. The Bertz CT molecular complexity index is 254. The first-order valence-corrected chi connectivity index (χ1v) is 3.58. The van der Waals surface area contributed by atoms with E-state index < -0.39 is 12.2 Å². The summed E-state index contributed by atoms with van der Waals surface area (Å²) in [5.41, 5.74) is 0.307. The summed E-state index contributed by atoms with van der Waals surface area (Å²) in [5, 5.41) is 2.09. The zero-order valence-electron chi connectivity index (χ0n) is 6.74. The maximum atomic E-state index is 10.9. The second-order valence-corrected chi connectivity index (χ2v) is 2.21. The number of thiocarbonyl (C=S) groups is 1. The highest BCUT2D eigenvalue weighted by Gasteiger charge is 2.08. The smallest absolute Gasteiger partial charge is 0.335 e. The minimum atomic E-state index is -0.758. The van der Waals surface area contributed by atoms with Gasteiger partial charge in [-0.1, -0.05) is 13.2 Å². The number of carbonyl (C=O) groups is 1. The van der Waals surface area contributed by atoms with E-state index in [4.69, 9.17) is 4.74 Å². The molecule has 0 aliphatic carbocycles. The normalized spacial score (nSPS) is 10.8. The van der Waals surface area contributed by atoms with Gasteiger partial charge in [-0.05, 0) is 25.2 Å². The van der Waals surface area contributed by atoms with Gasteiger partial charge in [0.1, 0.15) is 0 Å². The van der Waals surface area contributed by atoms with Crippen LogP contribution in [0.3, 0.4) is 0 Å². The Morgan fingerprint density at radius 2 is 2.42 bits per heavy atom. The average Bonchev–Trinajstić information content (AvgIpc) is 2.03. The minimum absolute atomic E-state index is 0.307. The maximum absolute atomic E-state index is 10.9. The first-order chi connectivity index (χ1) is 5.61. The number of ether oxygens (including phenoxy) is 1. The van der Waals surface area contributed by atoms with Gasteiger partial charge in [-0.25, -0.2) is 4.79 Å². The Morgan fingerprint density at radius 3 is 2.75 bits per heavy atom. The van der Waals surface area contributed by atoms with Gasteiger partial charge in [0.25, 0.3) is 0 Å². The molecule has 0 aromatic carbocycles. The first kappa shape index (κ1) is 10.8. The molecule has 0 rings (SSSR count). The van der Waals surface area contributed by atoms with E-state index in [0.29, 0.717) is 5.57 Å². The van der Waals surface area contributed by atoms with Crippen LogP contribution in [-0.2, 0) is 9.53 Å². The van der Waals surface area contributed by atoms with Crippen molar-refractivity contribution in [2.75, 3.05) is 0 Å². The molecule has 0 radical (unpaired) electrons. The van der Waals surface area contributed by atoms with E-state index in [-0.39, 0.29) is 0 Å². The molecule has 0 aromatic heterocycles. The Morgan fingerprint density at radius 1 is 1.83 bits per heavy atom. The summed E-state index contributed by atoms with van der Waals surface area (Å²) >= 11 is 4.33. The number of hydrogen-bond donors (Lipinski definition) is 0. The van der Waals surface area contributed by atoms with Crippen LogP contribution in [0, 0.1) is 0 Å². The summed E-state index contributed by atoms with van der Waals surface area (Å²) in [5.74, 6) is -0.520. The molecule has 3 nitrogen and oxygen atoms in total. The van der Waals surface area contributed by atoms with Crippen molar-refractivity contribution in [1.82, 2.24) is 0 Å². The maximum Gasteiger partial charge on any atom is 0.335 e. The van der Waals surface area contributed by atoms with Crippen LogP contribution in [0.5, 0.6) is 0 Å². The van der Waals surface area contributed by atoms with Crippen molar-refractivity contribution in [3.05, 3.63) is 24.8 Å². The zero-order valence-corrected chi connectivity index (χ0v) is 7.56. The van der Waals surface area contributed by atoms with Gasteiger partial charge in [0.15, 0.2) is 0 Å². The number of aliphatic imine (C=N–C) groups is 1. The number of isothiocyanates is 1. The van der Waals surface area contributed by atoms with E-state index in [1.54, 1.807) is 6.92 Å². The molecule has 4 heteroatoms. The van der Waals surface area contributed by atoms with Gasteiger partial charge in [0.05, 0.1) is 5.16 Å². The molecule has 0 aliphatic heterocycles. The molecular weight excluding hydrogens is 174 g/mol. The van der Waals surface area contributed by atoms with E-state index in [0.717, 1.165) is 0 Å². The molecule has 0 saturated carbocycles. The average molecular weight is 183 g/mol. The molecule has 0 aromatic rings.